The highest BCUT2D eigenvalue weighted by molar-refractivity contribution is 6.03. The van der Waals surface area contributed by atoms with E-state index in [0.29, 0.717) is 31.6 Å². The minimum Gasteiger partial charge on any atom is -0.477 e. The molecule has 0 radical (unpaired) electrons. The van der Waals surface area contributed by atoms with Gasteiger partial charge in [0.2, 0.25) is 5.91 Å². The first-order valence-corrected chi connectivity index (χ1v) is 9.48. The molecule has 0 aromatic rings. The number of carboxylic acid groups (broad SMARTS) is 1. The van der Waals surface area contributed by atoms with E-state index in [4.69, 9.17) is 4.74 Å². The van der Waals surface area contributed by atoms with E-state index < -0.39 is 18.1 Å². The Kier molecular flexibility index (Phi) is 4.53. The molecule has 4 aliphatic rings. The molecule has 1 unspecified atom stereocenters. The van der Waals surface area contributed by atoms with Crippen molar-refractivity contribution in [2.45, 2.75) is 25.4 Å². The van der Waals surface area contributed by atoms with E-state index >= 15 is 0 Å². The van der Waals surface area contributed by atoms with Gasteiger partial charge in [0.05, 0.1) is 6.04 Å². The largest absolute Gasteiger partial charge is 0.477 e. The van der Waals surface area contributed by atoms with Crippen molar-refractivity contribution in [1.82, 2.24) is 19.6 Å². The summed E-state index contributed by atoms with van der Waals surface area (Å²) in [6.45, 7) is 4.30. The SMILES string of the molecule is CC(=O)N1CCC2C(COC(=O)N3CCN(C)CC3)=C(C(=O)O)N3C(=O)[C@@H]1[C@@H]23. The van der Waals surface area contributed by atoms with Crippen LogP contribution in [-0.2, 0) is 19.1 Å². The summed E-state index contributed by atoms with van der Waals surface area (Å²) in [6.07, 6.45) is 0.0755. The number of hydrogen-bond acceptors (Lipinski definition) is 6. The molecule has 4 rings (SSSR count). The van der Waals surface area contributed by atoms with Gasteiger partial charge in [-0.15, -0.1) is 0 Å². The standard InChI is InChI=1S/C18H24N4O6/c1-10(23)21-4-3-11-12(9-28-18(27)20-7-5-19(2)6-8-20)14(17(25)26)22-13(11)15(21)16(22)24/h11,13,15H,3-9H2,1-2H3,(H,25,26)/t11?,13-,15+/m1/s1. The van der Waals surface area contributed by atoms with Gasteiger partial charge in [-0.3, -0.25) is 14.5 Å². The van der Waals surface area contributed by atoms with Crippen molar-refractivity contribution in [2.75, 3.05) is 46.4 Å². The molecule has 0 saturated carbocycles. The van der Waals surface area contributed by atoms with E-state index in [1.807, 2.05) is 7.05 Å². The van der Waals surface area contributed by atoms with E-state index in [9.17, 15) is 24.3 Å². The summed E-state index contributed by atoms with van der Waals surface area (Å²) in [5, 5.41) is 9.67. The second-order valence-electron chi connectivity index (χ2n) is 7.78. The average Bonchev–Trinajstić information content (AvgIpc) is 2.98. The third-order valence-electron chi connectivity index (χ3n) is 6.25. The highest BCUT2D eigenvalue weighted by atomic mass is 16.6. The monoisotopic (exact) mass is 392 g/mol. The molecule has 3 atom stereocenters. The number of carbonyl (C=O) groups is 4. The number of ether oxygens (including phenoxy) is 1. The molecule has 3 fully saturated rings. The molecule has 0 bridgehead atoms. The molecule has 10 nitrogen and oxygen atoms in total. The number of piperidine rings is 1. The van der Waals surface area contributed by atoms with Gasteiger partial charge in [-0.25, -0.2) is 9.59 Å². The Balaban J connectivity index is 1.50. The summed E-state index contributed by atoms with van der Waals surface area (Å²) in [5.41, 5.74) is 0.381. The molecular weight excluding hydrogens is 368 g/mol. The van der Waals surface area contributed by atoms with Gasteiger partial charge in [-0.05, 0) is 13.5 Å². The van der Waals surface area contributed by atoms with Gasteiger partial charge in [-0.1, -0.05) is 0 Å². The van der Waals surface area contributed by atoms with Gasteiger partial charge in [-0.2, -0.15) is 0 Å². The summed E-state index contributed by atoms with van der Waals surface area (Å²) >= 11 is 0. The van der Waals surface area contributed by atoms with Crippen molar-refractivity contribution in [1.29, 1.82) is 0 Å². The Morgan fingerprint density at radius 3 is 2.43 bits per heavy atom. The molecule has 3 saturated heterocycles. The van der Waals surface area contributed by atoms with Gasteiger partial charge in [0.1, 0.15) is 18.3 Å². The summed E-state index contributed by atoms with van der Waals surface area (Å²) < 4.78 is 5.44. The van der Waals surface area contributed by atoms with Crippen LogP contribution in [0.2, 0.25) is 0 Å². The van der Waals surface area contributed by atoms with Crippen LogP contribution < -0.4 is 0 Å². The normalized spacial score (nSPS) is 29.6. The Bertz CT molecular complexity index is 772. The zero-order valence-electron chi connectivity index (χ0n) is 16.0. The van der Waals surface area contributed by atoms with Crippen molar-refractivity contribution in [3.8, 4) is 0 Å². The van der Waals surface area contributed by atoms with Crippen molar-refractivity contribution in [2.24, 2.45) is 5.92 Å². The van der Waals surface area contributed by atoms with Crippen LogP contribution in [0, 0.1) is 5.92 Å². The first-order chi connectivity index (χ1) is 13.3. The van der Waals surface area contributed by atoms with Crippen LogP contribution in [0.25, 0.3) is 0 Å². The smallest absolute Gasteiger partial charge is 0.410 e. The molecule has 4 heterocycles. The van der Waals surface area contributed by atoms with E-state index in [1.165, 1.54) is 16.7 Å². The van der Waals surface area contributed by atoms with Crippen LogP contribution >= 0.6 is 0 Å². The average molecular weight is 392 g/mol. The zero-order chi connectivity index (χ0) is 20.2. The molecule has 0 spiro atoms. The summed E-state index contributed by atoms with van der Waals surface area (Å²) in [7, 11) is 1.98. The number of hydrogen-bond donors (Lipinski definition) is 1. The van der Waals surface area contributed by atoms with Crippen LogP contribution in [0.5, 0.6) is 0 Å². The molecule has 28 heavy (non-hydrogen) atoms. The van der Waals surface area contributed by atoms with Crippen molar-refractivity contribution < 1.29 is 29.0 Å². The van der Waals surface area contributed by atoms with Crippen LogP contribution in [0.4, 0.5) is 4.79 Å². The zero-order valence-corrected chi connectivity index (χ0v) is 16.0. The van der Waals surface area contributed by atoms with Crippen molar-refractivity contribution >= 4 is 23.9 Å². The maximum atomic E-state index is 12.6. The maximum absolute atomic E-state index is 12.6. The van der Waals surface area contributed by atoms with Gasteiger partial charge < -0.3 is 24.5 Å². The van der Waals surface area contributed by atoms with Crippen LogP contribution in [0.1, 0.15) is 13.3 Å². The second kappa shape index (κ2) is 6.77. The summed E-state index contributed by atoms with van der Waals surface area (Å²) in [5.74, 6) is -1.98. The number of rotatable bonds is 3. The molecule has 0 aromatic heterocycles. The number of aliphatic carboxylic acids is 1. The molecule has 1 N–H and O–H groups in total. The number of likely N-dealkylation sites (tertiary alicyclic amines) is 1. The molecule has 0 aromatic carbocycles. The van der Waals surface area contributed by atoms with Crippen molar-refractivity contribution in [3.63, 3.8) is 0 Å². The molecule has 3 amide bonds. The quantitative estimate of drug-likeness (QED) is 0.624. The molecule has 4 aliphatic heterocycles. The molecule has 0 aliphatic carbocycles. The summed E-state index contributed by atoms with van der Waals surface area (Å²) in [6, 6.07) is -0.981. The Morgan fingerprint density at radius 2 is 1.82 bits per heavy atom. The first kappa shape index (κ1) is 18.7. The lowest BCUT2D eigenvalue weighted by Crippen LogP contribution is -2.73. The minimum absolute atomic E-state index is 0.0900. The summed E-state index contributed by atoms with van der Waals surface area (Å²) in [4.78, 5) is 55.1. The first-order valence-electron chi connectivity index (χ1n) is 9.48. The van der Waals surface area contributed by atoms with E-state index in [2.05, 4.69) is 4.90 Å². The number of carbonyl (C=O) groups excluding carboxylic acids is 3. The van der Waals surface area contributed by atoms with E-state index in [-0.39, 0.29) is 36.1 Å². The lowest BCUT2D eigenvalue weighted by atomic mass is 9.78. The molecule has 10 heteroatoms. The maximum Gasteiger partial charge on any atom is 0.410 e. The fraction of sp³-hybridized carbons (Fsp3) is 0.667. The number of nitrogens with zero attached hydrogens (tertiary/aromatic N) is 4. The van der Waals surface area contributed by atoms with Crippen LogP contribution in [0.15, 0.2) is 11.3 Å². The van der Waals surface area contributed by atoms with E-state index in [0.717, 1.165) is 13.1 Å². The number of piperazine rings is 1. The topological polar surface area (TPSA) is 111 Å². The Morgan fingerprint density at radius 1 is 1.14 bits per heavy atom. The number of carboxylic acids is 1. The highest BCUT2D eigenvalue weighted by Gasteiger charge is 2.64. The third-order valence-corrected chi connectivity index (χ3v) is 6.25. The fourth-order valence-corrected chi connectivity index (χ4v) is 4.76. The minimum atomic E-state index is -1.21. The predicted molar refractivity (Wildman–Crippen MR) is 95.0 cm³/mol. The van der Waals surface area contributed by atoms with E-state index in [1.54, 1.807) is 4.90 Å². The van der Waals surface area contributed by atoms with Gasteiger partial charge in [0.15, 0.2) is 0 Å². The van der Waals surface area contributed by atoms with Crippen LogP contribution in [0.3, 0.4) is 0 Å². The van der Waals surface area contributed by atoms with Crippen LogP contribution in [-0.4, -0.2) is 107 Å². The molecule has 152 valence electrons. The highest BCUT2D eigenvalue weighted by Crippen LogP contribution is 2.48. The van der Waals surface area contributed by atoms with Gasteiger partial charge in [0, 0.05) is 51.1 Å². The van der Waals surface area contributed by atoms with Gasteiger partial charge in [0.25, 0.3) is 5.91 Å². The predicted octanol–water partition coefficient (Wildman–Crippen LogP) is -0.829. The third kappa shape index (κ3) is 2.74. The number of amides is 3. The fourth-order valence-electron chi connectivity index (χ4n) is 4.76. The Hall–Kier alpha value is -2.62. The number of β-lactam (4-membered cyclic amide) rings is 1. The molecular formula is C18H24N4O6. The lowest BCUT2D eigenvalue weighted by Gasteiger charge is -2.53. The number of likely N-dealkylation sites (N-methyl/N-ethyl adjacent to an activating group) is 1. The Labute approximate surface area is 162 Å². The van der Waals surface area contributed by atoms with Crippen molar-refractivity contribution in [3.05, 3.63) is 11.3 Å². The second-order valence-corrected chi connectivity index (χ2v) is 7.78. The van der Waals surface area contributed by atoms with Gasteiger partial charge >= 0.3 is 12.1 Å². The lowest BCUT2D eigenvalue weighted by molar-refractivity contribution is -0.168.